The number of carbonyl (C=O) groups excluding carboxylic acids is 1. The Morgan fingerprint density at radius 2 is 1.95 bits per heavy atom. The highest BCUT2D eigenvalue weighted by molar-refractivity contribution is 6.05. The van der Waals surface area contributed by atoms with E-state index >= 15 is 0 Å². The minimum absolute atomic E-state index is 0.0438. The van der Waals surface area contributed by atoms with Crippen molar-refractivity contribution >= 4 is 22.7 Å². The van der Waals surface area contributed by atoms with Crippen LogP contribution in [0.5, 0.6) is 5.75 Å². The summed E-state index contributed by atoms with van der Waals surface area (Å²) in [6, 6.07) is 14.1. The molecule has 1 unspecified atom stereocenters. The smallest absolute Gasteiger partial charge is 0.240 e. The number of ether oxygens (including phenoxy) is 2. The monoisotopic (exact) mass is 535 g/mol. The fourth-order valence-electron chi connectivity index (χ4n) is 4.54. The van der Waals surface area contributed by atoms with Crippen molar-refractivity contribution in [2.75, 3.05) is 32.9 Å². The van der Waals surface area contributed by atoms with E-state index in [-0.39, 0.29) is 12.5 Å². The van der Waals surface area contributed by atoms with E-state index in [0.29, 0.717) is 25.3 Å². The molecule has 0 radical (unpaired) electrons. The SMILES string of the molecule is Cc1nc2cc(C3=NNC(=O)CC3)ccc2n1CCCNCC(O)COc1ccc(CCOCC(C)C)cc1. The van der Waals surface area contributed by atoms with E-state index in [2.05, 4.69) is 40.3 Å². The van der Waals surface area contributed by atoms with Crippen LogP contribution < -0.4 is 15.5 Å². The fraction of sp³-hybridized carbons (Fsp3) is 0.500. The number of imidazole rings is 1. The van der Waals surface area contributed by atoms with Crippen molar-refractivity contribution in [2.45, 2.75) is 59.1 Å². The van der Waals surface area contributed by atoms with Crippen molar-refractivity contribution in [1.29, 1.82) is 0 Å². The molecule has 2 heterocycles. The van der Waals surface area contributed by atoms with Gasteiger partial charge >= 0.3 is 0 Å². The summed E-state index contributed by atoms with van der Waals surface area (Å²) >= 11 is 0. The normalized spacial score (nSPS) is 14.5. The predicted molar refractivity (Wildman–Crippen MR) is 153 cm³/mol. The van der Waals surface area contributed by atoms with Gasteiger partial charge in [-0.1, -0.05) is 32.0 Å². The predicted octanol–water partition coefficient (Wildman–Crippen LogP) is 3.59. The number of amides is 1. The second kappa shape index (κ2) is 14.2. The third-order valence-corrected chi connectivity index (χ3v) is 6.64. The first kappa shape index (κ1) is 28.7. The van der Waals surface area contributed by atoms with Crippen LogP contribution in [-0.2, 0) is 22.5 Å². The number of hydrogen-bond acceptors (Lipinski definition) is 7. The van der Waals surface area contributed by atoms with Gasteiger partial charge in [-0.25, -0.2) is 10.4 Å². The van der Waals surface area contributed by atoms with Gasteiger partial charge in [0.2, 0.25) is 5.91 Å². The summed E-state index contributed by atoms with van der Waals surface area (Å²) in [7, 11) is 0. The molecule has 0 saturated carbocycles. The van der Waals surface area contributed by atoms with Crippen molar-refractivity contribution in [1.82, 2.24) is 20.3 Å². The number of benzene rings is 2. The Hall–Kier alpha value is -3.27. The van der Waals surface area contributed by atoms with E-state index < -0.39 is 6.10 Å². The van der Waals surface area contributed by atoms with Crippen LogP contribution >= 0.6 is 0 Å². The maximum atomic E-state index is 11.4. The molecule has 3 aromatic rings. The number of nitrogens with one attached hydrogen (secondary N) is 2. The van der Waals surface area contributed by atoms with Crippen LogP contribution in [0, 0.1) is 12.8 Å². The molecule has 2 aromatic carbocycles. The van der Waals surface area contributed by atoms with Gasteiger partial charge in [0.15, 0.2) is 0 Å². The minimum Gasteiger partial charge on any atom is -0.491 e. The van der Waals surface area contributed by atoms with Crippen molar-refractivity contribution in [3.63, 3.8) is 0 Å². The molecule has 0 aliphatic carbocycles. The lowest BCUT2D eigenvalue weighted by Gasteiger charge is -2.14. The Kier molecular flexibility index (Phi) is 10.5. The number of carbonyl (C=O) groups is 1. The Bertz CT molecular complexity index is 1250. The summed E-state index contributed by atoms with van der Waals surface area (Å²) in [5.41, 5.74) is 7.66. The highest BCUT2D eigenvalue weighted by Crippen LogP contribution is 2.20. The number of fused-ring (bicyclic) bond motifs is 1. The lowest BCUT2D eigenvalue weighted by Crippen LogP contribution is -2.32. The lowest BCUT2D eigenvalue weighted by molar-refractivity contribution is -0.121. The molecule has 3 N–H and O–H groups in total. The summed E-state index contributed by atoms with van der Waals surface area (Å²) in [5.74, 6) is 2.22. The maximum absolute atomic E-state index is 11.4. The quantitative estimate of drug-likeness (QED) is 0.257. The topological polar surface area (TPSA) is 110 Å². The molecule has 1 aliphatic heterocycles. The molecule has 9 heteroatoms. The zero-order valence-electron chi connectivity index (χ0n) is 23.3. The molecule has 1 amide bonds. The van der Waals surface area contributed by atoms with E-state index in [0.717, 1.165) is 73.0 Å². The number of aliphatic hydroxyl groups is 1. The molecule has 1 aromatic heterocycles. The molecule has 0 bridgehead atoms. The maximum Gasteiger partial charge on any atom is 0.240 e. The van der Waals surface area contributed by atoms with Gasteiger partial charge in [0.1, 0.15) is 24.3 Å². The highest BCUT2D eigenvalue weighted by Gasteiger charge is 2.15. The zero-order chi connectivity index (χ0) is 27.6. The van der Waals surface area contributed by atoms with E-state index in [9.17, 15) is 9.90 Å². The fourth-order valence-corrected chi connectivity index (χ4v) is 4.54. The van der Waals surface area contributed by atoms with E-state index in [1.807, 2.05) is 43.3 Å². The number of rotatable bonds is 15. The first-order valence-electron chi connectivity index (χ1n) is 13.9. The standard InChI is InChI=1S/C30H41N5O4/c1-21(2)19-38-16-13-23-5-8-26(9-6-23)39-20-25(36)18-31-14-4-15-35-22(3)32-28-17-24(7-11-29(28)35)27-10-12-30(37)34-33-27/h5-9,11,17,21,25,31,36H,4,10,12-16,18-20H2,1-3H3,(H,34,37). The highest BCUT2D eigenvalue weighted by atomic mass is 16.5. The van der Waals surface area contributed by atoms with Crippen LogP contribution in [0.1, 0.15) is 50.1 Å². The Balaban J connectivity index is 1.15. The molecular formula is C30H41N5O4. The second-order valence-electron chi connectivity index (χ2n) is 10.5. The molecule has 1 atom stereocenters. The van der Waals surface area contributed by atoms with Crippen molar-refractivity contribution in [2.24, 2.45) is 11.0 Å². The molecule has 4 rings (SSSR count). The first-order chi connectivity index (χ1) is 18.9. The largest absolute Gasteiger partial charge is 0.491 e. The molecule has 9 nitrogen and oxygen atoms in total. The van der Waals surface area contributed by atoms with Gasteiger partial charge in [-0.15, -0.1) is 0 Å². The Labute approximate surface area is 230 Å². The molecule has 0 fully saturated rings. The van der Waals surface area contributed by atoms with Crippen LogP contribution in [0.25, 0.3) is 11.0 Å². The van der Waals surface area contributed by atoms with E-state index in [1.54, 1.807) is 0 Å². The van der Waals surface area contributed by atoms with Crippen LogP contribution in [0.2, 0.25) is 0 Å². The van der Waals surface area contributed by atoms with Crippen molar-refractivity contribution < 1.29 is 19.4 Å². The number of hydrazone groups is 1. The summed E-state index contributed by atoms with van der Waals surface area (Å²) < 4.78 is 13.6. The third-order valence-electron chi connectivity index (χ3n) is 6.64. The number of nitrogens with zero attached hydrogens (tertiary/aromatic N) is 3. The van der Waals surface area contributed by atoms with Crippen molar-refractivity contribution in [3.8, 4) is 5.75 Å². The van der Waals surface area contributed by atoms with Gasteiger partial charge in [-0.05, 0) is 62.1 Å². The summed E-state index contributed by atoms with van der Waals surface area (Å²) in [6.07, 6.45) is 2.30. The van der Waals surface area contributed by atoms with Crippen LogP contribution in [0.3, 0.4) is 0 Å². The van der Waals surface area contributed by atoms with Crippen LogP contribution in [-0.4, -0.2) is 65.3 Å². The molecule has 210 valence electrons. The molecule has 0 saturated heterocycles. The molecule has 0 spiro atoms. The van der Waals surface area contributed by atoms with Gasteiger partial charge in [-0.2, -0.15) is 5.10 Å². The van der Waals surface area contributed by atoms with Gasteiger partial charge < -0.3 is 24.5 Å². The van der Waals surface area contributed by atoms with E-state index in [1.165, 1.54) is 5.56 Å². The Morgan fingerprint density at radius 3 is 2.69 bits per heavy atom. The van der Waals surface area contributed by atoms with Gasteiger partial charge in [0, 0.05) is 38.1 Å². The van der Waals surface area contributed by atoms with Gasteiger partial charge in [0.25, 0.3) is 0 Å². The summed E-state index contributed by atoms with van der Waals surface area (Å²) in [5, 5.41) is 17.8. The summed E-state index contributed by atoms with van der Waals surface area (Å²) in [4.78, 5) is 16.1. The number of hydrogen-bond donors (Lipinski definition) is 3. The summed E-state index contributed by atoms with van der Waals surface area (Å²) in [6.45, 7) is 10.1. The molecule has 1 aliphatic rings. The second-order valence-corrected chi connectivity index (χ2v) is 10.5. The lowest BCUT2D eigenvalue weighted by atomic mass is 10.0. The number of aryl methyl sites for hydroxylation is 2. The van der Waals surface area contributed by atoms with Crippen LogP contribution in [0.4, 0.5) is 0 Å². The molecule has 39 heavy (non-hydrogen) atoms. The average Bonchev–Trinajstić information content (AvgIpc) is 3.24. The minimum atomic E-state index is -0.587. The van der Waals surface area contributed by atoms with Gasteiger partial charge in [0.05, 0.1) is 23.4 Å². The van der Waals surface area contributed by atoms with Crippen molar-refractivity contribution in [3.05, 3.63) is 59.4 Å². The number of aliphatic hydroxyl groups excluding tert-OH is 1. The Morgan fingerprint density at radius 1 is 1.13 bits per heavy atom. The zero-order valence-corrected chi connectivity index (χ0v) is 23.3. The first-order valence-corrected chi connectivity index (χ1v) is 13.9. The average molecular weight is 536 g/mol. The van der Waals surface area contributed by atoms with Gasteiger partial charge in [-0.3, -0.25) is 4.79 Å². The third kappa shape index (κ3) is 8.61. The van der Waals surface area contributed by atoms with E-state index in [4.69, 9.17) is 14.5 Å². The molecular weight excluding hydrogens is 494 g/mol. The number of aromatic nitrogens is 2. The van der Waals surface area contributed by atoms with Crippen LogP contribution in [0.15, 0.2) is 47.6 Å².